The summed E-state index contributed by atoms with van der Waals surface area (Å²) >= 11 is 0. The van der Waals surface area contributed by atoms with Crippen molar-refractivity contribution in [3.63, 3.8) is 0 Å². The van der Waals surface area contributed by atoms with Crippen LogP contribution < -0.4 is 9.47 Å². The van der Waals surface area contributed by atoms with E-state index in [1.807, 2.05) is 0 Å². The molecule has 110 valence electrons. The van der Waals surface area contributed by atoms with E-state index in [0.717, 1.165) is 7.11 Å². The van der Waals surface area contributed by atoms with Crippen LogP contribution in [0.4, 0.5) is 0 Å². The number of carbonyl (C=O) groups is 1. The molecule has 0 saturated carbocycles. The third kappa shape index (κ3) is 2.98. The molecule has 7 nitrogen and oxygen atoms in total. The molecule has 0 aliphatic carbocycles. The molecule has 0 aliphatic heterocycles. The zero-order valence-electron chi connectivity index (χ0n) is 11.8. The van der Waals surface area contributed by atoms with Crippen LogP contribution in [0.5, 0.6) is 11.5 Å². The van der Waals surface area contributed by atoms with Gasteiger partial charge in [0, 0.05) is 10.5 Å². The zero-order chi connectivity index (χ0) is 15.3. The van der Waals surface area contributed by atoms with Crippen molar-refractivity contribution in [2.75, 3.05) is 21.3 Å². The van der Waals surface area contributed by atoms with Crippen LogP contribution in [0.15, 0.2) is 18.2 Å². The lowest BCUT2D eigenvalue weighted by Crippen LogP contribution is -2.35. The molecule has 7 heteroatoms. The van der Waals surface area contributed by atoms with E-state index in [2.05, 4.69) is 4.74 Å². The van der Waals surface area contributed by atoms with E-state index in [9.17, 15) is 14.9 Å². The van der Waals surface area contributed by atoms with Crippen LogP contribution >= 0.6 is 0 Å². The molecule has 1 aromatic carbocycles. The molecule has 0 amide bonds. The fourth-order valence-corrected chi connectivity index (χ4v) is 2.03. The SMILES string of the molecule is COC(=O)C(C(C)c1cccc(OC)c1OC)[N+](=O)[O-]. The number of ether oxygens (including phenoxy) is 3. The molecule has 1 rings (SSSR count). The average molecular weight is 283 g/mol. The first-order chi connectivity index (χ1) is 9.47. The minimum Gasteiger partial charge on any atom is -0.493 e. The van der Waals surface area contributed by atoms with Crippen molar-refractivity contribution in [3.8, 4) is 11.5 Å². The van der Waals surface area contributed by atoms with Gasteiger partial charge in [-0.25, -0.2) is 4.79 Å². The summed E-state index contributed by atoms with van der Waals surface area (Å²) in [5.41, 5.74) is 0.513. The maximum Gasteiger partial charge on any atom is 0.382 e. The summed E-state index contributed by atoms with van der Waals surface area (Å²) in [6.07, 6.45) is 0. The molecule has 0 aromatic heterocycles. The number of esters is 1. The van der Waals surface area contributed by atoms with E-state index >= 15 is 0 Å². The van der Waals surface area contributed by atoms with Gasteiger partial charge in [0.2, 0.25) is 0 Å². The van der Waals surface area contributed by atoms with E-state index in [-0.39, 0.29) is 0 Å². The van der Waals surface area contributed by atoms with Crippen molar-refractivity contribution < 1.29 is 23.9 Å². The summed E-state index contributed by atoms with van der Waals surface area (Å²) in [6.45, 7) is 1.57. The van der Waals surface area contributed by atoms with Gasteiger partial charge in [-0.3, -0.25) is 10.1 Å². The Morgan fingerprint density at radius 3 is 2.35 bits per heavy atom. The summed E-state index contributed by atoms with van der Waals surface area (Å²) in [5, 5.41) is 11.1. The van der Waals surface area contributed by atoms with Crippen LogP contribution in [0.25, 0.3) is 0 Å². The van der Waals surface area contributed by atoms with Gasteiger partial charge in [-0.15, -0.1) is 0 Å². The number of rotatable bonds is 6. The van der Waals surface area contributed by atoms with E-state index in [1.54, 1.807) is 25.1 Å². The van der Waals surface area contributed by atoms with Crippen molar-refractivity contribution in [1.29, 1.82) is 0 Å². The van der Waals surface area contributed by atoms with Crippen LogP contribution in [0.2, 0.25) is 0 Å². The second-order valence-corrected chi connectivity index (χ2v) is 4.12. The molecule has 2 atom stereocenters. The fraction of sp³-hybridized carbons (Fsp3) is 0.462. The number of para-hydroxylation sites is 1. The van der Waals surface area contributed by atoms with Gasteiger partial charge in [0.25, 0.3) is 0 Å². The second-order valence-electron chi connectivity index (χ2n) is 4.12. The average Bonchev–Trinajstić information content (AvgIpc) is 2.45. The quantitative estimate of drug-likeness (QED) is 0.448. The lowest BCUT2D eigenvalue weighted by Gasteiger charge is -2.19. The zero-order valence-corrected chi connectivity index (χ0v) is 11.8. The monoisotopic (exact) mass is 283 g/mol. The Morgan fingerprint density at radius 1 is 1.25 bits per heavy atom. The molecule has 0 bridgehead atoms. The third-order valence-corrected chi connectivity index (χ3v) is 3.07. The first kappa shape index (κ1) is 15.7. The van der Waals surface area contributed by atoms with Crippen molar-refractivity contribution >= 4 is 5.97 Å². The highest BCUT2D eigenvalue weighted by atomic mass is 16.6. The standard InChI is InChI=1S/C13H17NO6/c1-8(11(14(16)17)13(15)20-4)9-6-5-7-10(18-2)12(9)19-3/h5-8,11H,1-4H3. The van der Waals surface area contributed by atoms with E-state index in [4.69, 9.17) is 9.47 Å². The summed E-state index contributed by atoms with van der Waals surface area (Å²) in [4.78, 5) is 22.0. The molecule has 0 N–H and O–H groups in total. The highest BCUT2D eigenvalue weighted by Gasteiger charge is 2.39. The number of nitrogens with zero attached hydrogens (tertiary/aromatic N) is 1. The number of carbonyl (C=O) groups excluding carboxylic acids is 1. The number of nitro groups is 1. The van der Waals surface area contributed by atoms with Crippen LogP contribution in [-0.2, 0) is 9.53 Å². The highest BCUT2D eigenvalue weighted by molar-refractivity contribution is 5.76. The smallest absolute Gasteiger partial charge is 0.382 e. The van der Waals surface area contributed by atoms with Crippen molar-refractivity contribution in [1.82, 2.24) is 0 Å². The molecule has 0 fully saturated rings. The largest absolute Gasteiger partial charge is 0.493 e. The van der Waals surface area contributed by atoms with Gasteiger partial charge in [0.15, 0.2) is 11.5 Å². The van der Waals surface area contributed by atoms with Gasteiger partial charge in [-0.05, 0) is 6.07 Å². The molecular formula is C13H17NO6. The first-order valence-corrected chi connectivity index (χ1v) is 5.90. The summed E-state index contributed by atoms with van der Waals surface area (Å²) < 4.78 is 14.9. The molecule has 0 spiro atoms. The molecular weight excluding hydrogens is 266 g/mol. The predicted molar refractivity (Wildman–Crippen MR) is 70.8 cm³/mol. The summed E-state index contributed by atoms with van der Waals surface area (Å²) in [6, 6.07) is 3.52. The topological polar surface area (TPSA) is 87.9 Å². The molecule has 0 heterocycles. The van der Waals surface area contributed by atoms with Crippen molar-refractivity contribution in [2.24, 2.45) is 0 Å². The van der Waals surface area contributed by atoms with Gasteiger partial charge in [0.05, 0.1) is 27.2 Å². The number of hydrogen-bond donors (Lipinski definition) is 0. The summed E-state index contributed by atoms with van der Waals surface area (Å²) in [5.74, 6) is -0.795. The number of methoxy groups -OCH3 is 3. The van der Waals surface area contributed by atoms with E-state index < -0.39 is 22.9 Å². The van der Waals surface area contributed by atoms with Gasteiger partial charge in [-0.1, -0.05) is 19.1 Å². The van der Waals surface area contributed by atoms with Crippen LogP contribution in [0.3, 0.4) is 0 Å². The predicted octanol–water partition coefficient (Wildman–Crippen LogP) is 1.63. The molecule has 0 radical (unpaired) electrons. The summed E-state index contributed by atoms with van der Waals surface area (Å²) in [7, 11) is 4.03. The third-order valence-electron chi connectivity index (χ3n) is 3.07. The lowest BCUT2D eigenvalue weighted by atomic mass is 9.92. The molecule has 20 heavy (non-hydrogen) atoms. The molecule has 0 aliphatic rings. The Hall–Kier alpha value is -2.31. The Morgan fingerprint density at radius 2 is 1.90 bits per heavy atom. The van der Waals surface area contributed by atoms with Crippen LogP contribution in [0, 0.1) is 10.1 Å². The van der Waals surface area contributed by atoms with Gasteiger partial charge < -0.3 is 14.2 Å². The Balaban J connectivity index is 3.28. The van der Waals surface area contributed by atoms with Crippen molar-refractivity contribution in [2.45, 2.75) is 18.9 Å². The minimum absolute atomic E-state index is 0.373. The van der Waals surface area contributed by atoms with Gasteiger partial charge in [0.1, 0.15) is 0 Å². The van der Waals surface area contributed by atoms with Gasteiger partial charge in [-0.2, -0.15) is 0 Å². The Labute approximate surface area is 116 Å². The first-order valence-electron chi connectivity index (χ1n) is 5.90. The van der Waals surface area contributed by atoms with Crippen LogP contribution in [-0.4, -0.2) is 38.3 Å². The Bertz CT molecular complexity index is 502. The number of hydrogen-bond acceptors (Lipinski definition) is 6. The van der Waals surface area contributed by atoms with Crippen LogP contribution in [0.1, 0.15) is 18.4 Å². The van der Waals surface area contributed by atoms with E-state index in [1.165, 1.54) is 14.2 Å². The van der Waals surface area contributed by atoms with Crippen molar-refractivity contribution in [3.05, 3.63) is 33.9 Å². The highest BCUT2D eigenvalue weighted by Crippen LogP contribution is 2.37. The number of benzene rings is 1. The molecule has 0 saturated heterocycles. The maximum atomic E-state index is 11.6. The van der Waals surface area contributed by atoms with E-state index in [0.29, 0.717) is 17.1 Å². The lowest BCUT2D eigenvalue weighted by molar-refractivity contribution is -0.513. The second kappa shape index (κ2) is 6.74. The minimum atomic E-state index is -1.50. The normalized spacial score (nSPS) is 13.2. The maximum absolute atomic E-state index is 11.6. The molecule has 1 aromatic rings. The molecule has 2 unspecified atom stereocenters. The Kier molecular flexibility index (Phi) is 5.31. The van der Waals surface area contributed by atoms with Gasteiger partial charge >= 0.3 is 12.0 Å². The fourth-order valence-electron chi connectivity index (χ4n) is 2.03.